The molecule has 1 heterocycles. The van der Waals surface area contributed by atoms with Gasteiger partial charge in [0.1, 0.15) is 0 Å². The maximum absolute atomic E-state index is 12.2. The van der Waals surface area contributed by atoms with Crippen molar-refractivity contribution < 1.29 is 14.5 Å². The highest BCUT2D eigenvalue weighted by molar-refractivity contribution is 5.96. The van der Waals surface area contributed by atoms with Crippen LogP contribution in [0.3, 0.4) is 0 Å². The van der Waals surface area contributed by atoms with E-state index in [2.05, 4.69) is 24.5 Å². The van der Waals surface area contributed by atoms with E-state index in [0.717, 1.165) is 37.3 Å². The van der Waals surface area contributed by atoms with E-state index in [1.165, 1.54) is 4.90 Å². The van der Waals surface area contributed by atoms with E-state index in [1.807, 2.05) is 31.2 Å². The number of carbonyl (C=O) groups is 2. The first-order valence-corrected chi connectivity index (χ1v) is 9.28. The normalized spacial score (nSPS) is 17.2. The SMILES string of the molecule is CC[NH+](CC)CCCNC(=O)N[C@H]1CC(=O)N(c2ccc(C)cc2)C1. The second-order valence-electron chi connectivity index (χ2n) is 6.70. The van der Waals surface area contributed by atoms with Crippen molar-refractivity contribution in [1.29, 1.82) is 0 Å². The van der Waals surface area contributed by atoms with Crippen molar-refractivity contribution in [3.05, 3.63) is 29.8 Å². The zero-order valence-corrected chi connectivity index (χ0v) is 15.6. The van der Waals surface area contributed by atoms with Crippen LogP contribution >= 0.6 is 0 Å². The molecule has 6 nitrogen and oxygen atoms in total. The molecule has 0 bridgehead atoms. The van der Waals surface area contributed by atoms with E-state index in [-0.39, 0.29) is 18.0 Å². The van der Waals surface area contributed by atoms with Crippen molar-refractivity contribution >= 4 is 17.6 Å². The first kappa shape index (κ1) is 19.2. The first-order valence-electron chi connectivity index (χ1n) is 9.28. The third kappa shape index (κ3) is 5.74. The van der Waals surface area contributed by atoms with Crippen molar-refractivity contribution in [1.82, 2.24) is 10.6 Å². The van der Waals surface area contributed by atoms with E-state index < -0.39 is 0 Å². The first-order chi connectivity index (χ1) is 12.0. The van der Waals surface area contributed by atoms with Crippen LogP contribution in [0.15, 0.2) is 24.3 Å². The number of quaternary nitrogens is 1. The molecule has 0 saturated carbocycles. The van der Waals surface area contributed by atoms with Crippen LogP contribution in [0.5, 0.6) is 0 Å². The molecule has 1 fully saturated rings. The minimum absolute atomic E-state index is 0.0549. The van der Waals surface area contributed by atoms with Crippen LogP contribution in [0.25, 0.3) is 0 Å². The highest BCUT2D eigenvalue weighted by Crippen LogP contribution is 2.21. The standard InChI is InChI=1S/C19H30N4O2/c1-4-22(5-2)12-6-11-20-19(25)21-16-13-18(24)23(14-16)17-9-7-15(3)8-10-17/h7-10,16H,4-6,11-14H2,1-3H3,(H2,20,21,25)/p+1/t16-/m0/s1. The minimum atomic E-state index is -0.182. The lowest BCUT2D eigenvalue weighted by Gasteiger charge is -2.18. The lowest BCUT2D eigenvalue weighted by atomic mass is 10.2. The van der Waals surface area contributed by atoms with E-state index in [1.54, 1.807) is 4.90 Å². The number of rotatable bonds is 8. The monoisotopic (exact) mass is 347 g/mol. The van der Waals surface area contributed by atoms with Crippen LogP contribution in [0, 0.1) is 6.92 Å². The highest BCUT2D eigenvalue weighted by atomic mass is 16.2. The molecule has 2 rings (SSSR count). The van der Waals surface area contributed by atoms with Crippen molar-refractivity contribution in [2.75, 3.05) is 37.6 Å². The molecule has 0 aliphatic carbocycles. The lowest BCUT2D eigenvalue weighted by Crippen LogP contribution is -3.11. The summed E-state index contributed by atoms with van der Waals surface area (Å²) in [5.41, 5.74) is 2.05. The Kier molecular flexibility index (Phi) is 7.25. The second kappa shape index (κ2) is 9.42. The Balaban J connectivity index is 1.73. The summed E-state index contributed by atoms with van der Waals surface area (Å²) in [7, 11) is 0. The number of urea groups is 1. The van der Waals surface area contributed by atoms with Gasteiger partial charge < -0.3 is 20.4 Å². The topological polar surface area (TPSA) is 65.9 Å². The number of benzene rings is 1. The van der Waals surface area contributed by atoms with Crippen LogP contribution in [0.4, 0.5) is 10.5 Å². The molecule has 0 spiro atoms. The summed E-state index contributed by atoms with van der Waals surface area (Å²) in [6.45, 7) is 10.9. The van der Waals surface area contributed by atoms with Crippen molar-refractivity contribution in [2.24, 2.45) is 0 Å². The molecule has 1 aliphatic rings. The summed E-state index contributed by atoms with van der Waals surface area (Å²) >= 11 is 0. The van der Waals surface area contributed by atoms with Crippen LogP contribution in [0.1, 0.15) is 32.3 Å². The Labute approximate surface area is 150 Å². The van der Waals surface area contributed by atoms with Gasteiger partial charge in [0.05, 0.1) is 25.7 Å². The molecule has 1 aliphatic heterocycles. The number of hydrogen-bond donors (Lipinski definition) is 3. The summed E-state index contributed by atoms with van der Waals surface area (Å²) < 4.78 is 0. The molecule has 3 amide bonds. The molecule has 0 unspecified atom stereocenters. The van der Waals surface area contributed by atoms with E-state index in [9.17, 15) is 9.59 Å². The van der Waals surface area contributed by atoms with Crippen molar-refractivity contribution in [2.45, 2.75) is 39.7 Å². The smallest absolute Gasteiger partial charge is 0.315 e. The van der Waals surface area contributed by atoms with Crippen LogP contribution in [0.2, 0.25) is 0 Å². The highest BCUT2D eigenvalue weighted by Gasteiger charge is 2.31. The fraction of sp³-hybridized carbons (Fsp3) is 0.579. The van der Waals surface area contributed by atoms with Crippen LogP contribution < -0.4 is 20.4 Å². The van der Waals surface area contributed by atoms with Gasteiger partial charge in [-0.3, -0.25) is 4.79 Å². The number of carbonyl (C=O) groups excluding carboxylic acids is 2. The Morgan fingerprint density at radius 1 is 1.24 bits per heavy atom. The van der Waals surface area contributed by atoms with Gasteiger partial charge in [0, 0.05) is 31.6 Å². The molecule has 0 aromatic heterocycles. The fourth-order valence-corrected chi connectivity index (χ4v) is 3.16. The number of nitrogens with one attached hydrogen (secondary N) is 3. The quantitative estimate of drug-likeness (QED) is 0.607. The van der Waals surface area contributed by atoms with Gasteiger partial charge in [-0.05, 0) is 32.9 Å². The van der Waals surface area contributed by atoms with Gasteiger partial charge in [0.2, 0.25) is 5.91 Å². The average Bonchev–Trinajstić information content (AvgIpc) is 2.96. The van der Waals surface area contributed by atoms with Gasteiger partial charge in [0.25, 0.3) is 0 Å². The van der Waals surface area contributed by atoms with Gasteiger partial charge in [-0.2, -0.15) is 0 Å². The largest absolute Gasteiger partial charge is 0.338 e. The zero-order chi connectivity index (χ0) is 18.2. The number of nitrogens with zero attached hydrogens (tertiary/aromatic N) is 1. The third-order valence-electron chi connectivity index (χ3n) is 4.80. The maximum Gasteiger partial charge on any atom is 0.315 e. The molecule has 6 heteroatoms. The Hall–Kier alpha value is -2.08. The van der Waals surface area contributed by atoms with Gasteiger partial charge >= 0.3 is 6.03 Å². The van der Waals surface area contributed by atoms with Crippen LogP contribution in [-0.2, 0) is 4.79 Å². The zero-order valence-electron chi connectivity index (χ0n) is 15.6. The predicted molar refractivity (Wildman–Crippen MR) is 100 cm³/mol. The van der Waals surface area contributed by atoms with Gasteiger partial charge in [-0.15, -0.1) is 0 Å². The molecule has 3 N–H and O–H groups in total. The minimum Gasteiger partial charge on any atom is -0.338 e. The molecular weight excluding hydrogens is 316 g/mol. The predicted octanol–water partition coefficient (Wildman–Crippen LogP) is 0.714. The Morgan fingerprint density at radius 3 is 2.56 bits per heavy atom. The molecule has 1 atom stereocenters. The van der Waals surface area contributed by atoms with E-state index in [4.69, 9.17) is 0 Å². The van der Waals surface area contributed by atoms with E-state index >= 15 is 0 Å². The summed E-state index contributed by atoms with van der Waals surface area (Å²) in [6, 6.07) is 7.57. The summed E-state index contributed by atoms with van der Waals surface area (Å²) in [5, 5.41) is 5.81. The lowest BCUT2D eigenvalue weighted by molar-refractivity contribution is -0.896. The number of hydrogen-bond acceptors (Lipinski definition) is 2. The van der Waals surface area contributed by atoms with Gasteiger partial charge in [-0.25, -0.2) is 4.79 Å². The molecular formula is C19H31N4O2+. The number of amides is 3. The third-order valence-corrected chi connectivity index (χ3v) is 4.80. The van der Waals surface area contributed by atoms with Crippen LogP contribution in [-0.4, -0.2) is 50.7 Å². The molecule has 0 radical (unpaired) electrons. The Bertz CT molecular complexity index is 569. The second-order valence-corrected chi connectivity index (χ2v) is 6.70. The summed E-state index contributed by atoms with van der Waals surface area (Å²) in [6.07, 6.45) is 1.31. The Morgan fingerprint density at radius 2 is 1.92 bits per heavy atom. The number of anilines is 1. The molecule has 138 valence electrons. The molecule has 25 heavy (non-hydrogen) atoms. The molecule has 1 aromatic rings. The van der Waals surface area contributed by atoms with E-state index in [0.29, 0.717) is 19.5 Å². The molecule has 1 saturated heterocycles. The van der Waals surface area contributed by atoms with Gasteiger partial charge in [-0.1, -0.05) is 17.7 Å². The molecule has 1 aromatic carbocycles. The fourth-order valence-electron chi connectivity index (χ4n) is 3.16. The van der Waals surface area contributed by atoms with Crippen molar-refractivity contribution in [3.8, 4) is 0 Å². The number of aryl methyl sites for hydroxylation is 1. The summed E-state index contributed by atoms with van der Waals surface area (Å²) in [4.78, 5) is 27.5. The van der Waals surface area contributed by atoms with Crippen molar-refractivity contribution in [3.63, 3.8) is 0 Å². The maximum atomic E-state index is 12.2. The van der Waals surface area contributed by atoms with Gasteiger partial charge in [0.15, 0.2) is 0 Å². The average molecular weight is 347 g/mol. The summed E-state index contributed by atoms with van der Waals surface area (Å²) in [5.74, 6) is 0.0549.